The standard InChI is InChI=1S/C16H26N2S/c1-15(2)8-10-16(17-3,11-9-15)14-18-12-6-4-5-7-13(12)19-14/h17H,4-11H2,1-3H3. The smallest absolute Gasteiger partial charge is 0.113 e. The van der Waals surface area contributed by atoms with Crippen LogP contribution in [0.15, 0.2) is 0 Å². The molecule has 0 radical (unpaired) electrons. The fraction of sp³-hybridized carbons (Fsp3) is 0.812. The van der Waals surface area contributed by atoms with Crippen molar-refractivity contribution >= 4 is 11.3 Å². The Labute approximate surface area is 121 Å². The second-order valence-electron chi connectivity index (χ2n) is 7.09. The highest BCUT2D eigenvalue weighted by Crippen LogP contribution is 2.46. The van der Waals surface area contributed by atoms with Crippen LogP contribution in [0, 0.1) is 5.41 Å². The average molecular weight is 278 g/mol. The van der Waals surface area contributed by atoms with Crippen LogP contribution in [0.25, 0.3) is 0 Å². The molecule has 1 fully saturated rings. The van der Waals surface area contributed by atoms with Crippen LogP contribution in [0.3, 0.4) is 0 Å². The fourth-order valence-electron chi connectivity index (χ4n) is 3.48. The first-order valence-electron chi connectivity index (χ1n) is 7.73. The quantitative estimate of drug-likeness (QED) is 0.883. The highest BCUT2D eigenvalue weighted by atomic mass is 32.1. The SMILES string of the molecule is CNC1(c2nc3c(s2)CCCC3)CCC(C)(C)CC1. The van der Waals surface area contributed by atoms with E-state index in [0.717, 1.165) is 0 Å². The second kappa shape index (κ2) is 4.85. The molecule has 2 aliphatic carbocycles. The van der Waals surface area contributed by atoms with E-state index in [2.05, 4.69) is 26.2 Å². The molecule has 1 aromatic rings. The molecule has 0 spiro atoms. The second-order valence-corrected chi connectivity index (χ2v) is 8.18. The number of thiazole rings is 1. The minimum atomic E-state index is 0.164. The van der Waals surface area contributed by atoms with Gasteiger partial charge in [0.1, 0.15) is 5.01 Å². The molecule has 0 saturated heterocycles. The third-order valence-corrected chi connectivity index (χ3v) is 6.55. The minimum Gasteiger partial charge on any atom is -0.308 e. The molecular formula is C16H26N2S. The van der Waals surface area contributed by atoms with Gasteiger partial charge in [-0.25, -0.2) is 4.98 Å². The normalized spacial score (nSPS) is 25.0. The first-order chi connectivity index (χ1) is 9.05. The summed E-state index contributed by atoms with van der Waals surface area (Å²) in [5, 5.41) is 5.00. The van der Waals surface area contributed by atoms with Gasteiger partial charge in [0.25, 0.3) is 0 Å². The Balaban J connectivity index is 1.88. The van der Waals surface area contributed by atoms with E-state index < -0.39 is 0 Å². The van der Waals surface area contributed by atoms with Gasteiger partial charge in [-0.1, -0.05) is 13.8 Å². The van der Waals surface area contributed by atoms with Crippen molar-refractivity contribution in [1.82, 2.24) is 10.3 Å². The van der Waals surface area contributed by atoms with Gasteiger partial charge >= 0.3 is 0 Å². The molecule has 0 unspecified atom stereocenters. The molecule has 0 aliphatic heterocycles. The van der Waals surface area contributed by atoms with E-state index in [4.69, 9.17) is 4.98 Å². The third-order valence-electron chi connectivity index (χ3n) is 5.19. The van der Waals surface area contributed by atoms with Crippen LogP contribution < -0.4 is 5.32 Å². The maximum atomic E-state index is 5.02. The molecule has 3 heteroatoms. The van der Waals surface area contributed by atoms with Gasteiger partial charge in [-0.2, -0.15) is 0 Å². The minimum absolute atomic E-state index is 0.164. The molecule has 0 atom stereocenters. The number of nitrogens with one attached hydrogen (secondary N) is 1. The van der Waals surface area contributed by atoms with E-state index in [9.17, 15) is 0 Å². The van der Waals surface area contributed by atoms with Crippen molar-refractivity contribution in [1.29, 1.82) is 0 Å². The first kappa shape index (κ1) is 13.6. The number of aryl methyl sites for hydroxylation is 2. The van der Waals surface area contributed by atoms with Crippen LogP contribution in [0.1, 0.15) is 68.0 Å². The Bertz CT molecular complexity index is 428. The van der Waals surface area contributed by atoms with Gasteiger partial charge in [0.05, 0.1) is 11.2 Å². The van der Waals surface area contributed by atoms with Gasteiger partial charge in [0.15, 0.2) is 0 Å². The maximum Gasteiger partial charge on any atom is 0.113 e. The molecule has 1 heterocycles. The van der Waals surface area contributed by atoms with E-state index >= 15 is 0 Å². The van der Waals surface area contributed by atoms with Gasteiger partial charge < -0.3 is 5.32 Å². The average Bonchev–Trinajstić information content (AvgIpc) is 2.84. The lowest BCUT2D eigenvalue weighted by Crippen LogP contribution is -2.44. The summed E-state index contributed by atoms with van der Waals surface area (Å²) in [4.78, 5) is 6.59. The lowest BCUT2D eigenvalue weighted by molar-refractivity contribution is 0.141. The number of hydrogen-bond acceptors (Lipinski definition) is 3. The summed E-state index contributed by atoms with van der Waals surface area (Å²) < 4.78 is 0. The van der Waals surface area contributed by atoms with Gasteiger partial charge in [-0.15, -0.1) is 11.3 Å². The lowest BCUT2D eigenvalue weighted by atomic mass is 9.69. The summed E-state index contributed by atoms with van der Waals surface area (Å²) in [6.07, 6.45) is 10.2. The van der Waals surface area contributed by atoms with Gasteiger partial charge in [-0.05, 0) is 63.8 Å². The summed E-state index contributed by atoms with van der Waals surface area (Å²) in [6.45, 7) is 4.80. The molecule has 1 aromatic heterocycles. The van der Waals surface area contributed by atoms with Crippen molar-refractivity contribution in [3.05, 3.63) is 15.6 Å². The number of aromatic nitrogens is 1. The van der Waals surface area contributed by atoms with E-state index in [-0.39, 0.29) is 5.54 Å². The zero-order chi connectivity index (χ0) is 13.5. The first-order valence-corrected chi connectivity index (χ1v) is 8.54. The third kappa shape index (κ3) is 2.47. The van der Waals surface area contributed by atoms with Crippen molar-refractivity contribution in [3.8, 4) is 0 Å². The highest BCUT2D eigenvalue weighted by molar-refractivity contribution is 7.11. The Kier molecular flexibility index (Phi) is 3.46. The topological polar surface area (TPSA) is 24.9 Å². The predicted molar refractivity (Wildman–Crippen MR) is 81.7 cm³/mol. The van der Waals surface area contributed by atoms with E-state index in [1.54, 1.807) is 4.88 Å². The fourth-order valence-corrected chi connectivity index (χ4v) is 4.88. The molecule has 106 valence electrons. The lowest BCUT2D eigenvalue weighted by Gasteiger charge is -2.42. The van der Waals surface area contributed by atoms with Crippen molar-refractivity contribution in [3.63, 3.8) is 0 Å². The summed E-state index contributed by atoms with van der Waals surface area (Å²) in [6, 6.07) is 0. The van der Waals surface area contributed by atoms with Crippen LogP contribution in [-0.4, -0.2) is 12.0 Å². The Hall–Kier alpha value is -0.410. The molecule has 19 heavy (non-hydrogen) atoms. The van der Waals surface area contributed by atoms with Gasteiger partial charge in [-0.3, -0.25) is 0 Å². The van der Waals surface area contributed by atoms with E-state index in [0.29, 0.717) is 5.41 Å². The van der Waals surface area contributed by atoms with Crippen LogP contribution in [-0.2, 0) is 18.4 Å². The molecule has 2 aliphatic rings. The summed E-state index contributed by atoms with van der Waals surface area (Å²) in [5.41, 5.74) is 2.08. The van der Waals surface area contributed by atoms with E-state index in [1.807, 2.05) is 11.3 Å². The van der Waals surface area contributed by atoms with Crippen molar-refractivity contribution in [2.24, 2.45) is 5.41 Å². The number of hydrogen-bond donors (Lipinski definition) is 1. The summed E-state index contributed by atoms with van der Waals surface area (Å²) >= 11 is 1.99. The molecule has 0 aromatic carbocycles. The van der Waals surface area contributed by atoms with E-state index in [1.165, 1.54) is 62.1 Å². The zero-order valence-electron chi connectivity index (χ0n) is 12.5. The maximum absolute atomic E-state index is 5.02. The summed E-state index contributed by atoms with van der Waals surface area (Å²) in [5.74, 6) is 0. The Morgan fingerprint density at radius 3 is 2.37 bits per heavy atom. The zero-order valence-corrected chi connectivity index (χ0v) is 13.3. The van der Waals surface area contributed by atoms with Crippen molar-refractivity contribution in [2.45, 2.75) is 70.8 Å². The molecule has 1 N–H and O–H groups in total. The molecule has 2 nitrogen and oxygen atoms in total. The molecule has 0 amide bonds. The van der Waals surface area contributed by atoms with Gasteiger partial charge in [0.2, 0.25) is 0 Å². The summed E-state index contributed by atoms with van der Waals surface area (Å²) in [7, 11) is 2.12. The van der Waals surface area contributed by atoms with Crippen molar-refractivity contribution in [2.75, 3.05) is 7.05 Å². The molecule has 3 rings (SSSR count). The predicted octanol–water partition coefficient (Wildman–Crippen LogP) is 4.04. The van der Waals surface area contributed by atoms with Crippen LogP contribution in [0.2, 0.25) is 0 Å². The van der Waals surface area contributed by atoms with Crippen LogP contribution in [0.5, 0.6) is 0 Å². The Morgan fingerprint density at radius 2 is 1.74 bits per heavy atom. The van der Waals surface area contributed by atoms with Crippen molar-refractivity contribution < 1.29 is 0 Å². The number of nitrogens with zero attached hydrogens (tertiary/aromatic N) is 1. The van der Waals surface area contributed by atoms with Crippen LogP contribution in [0.4, 0.5) is 0 Å². The number of fused-ring (bicyclic) bond motifs is 1. The monoisotopic (exact) mass is 278 g/mol. The molecular weight excluding hydrogens is 252 g/mol. The number of rotatable bonds is 2. The molecule has 0 bridgehead atoms. The Morgan fingerprint density at radius 1 is 1.05 bits per heavy atom. The highest BCUT2D eigenvalue weighted by Gasteiger charge is 2.41. The molecule has 1 saturated carbocycles. The van der Waals surface area contributed by atoms with Gasteiger partial charge in [0, 0.05) is 4.88 Å². The largest absolute Gasteiger partial charge is 0.308 e. The van der Waals surface area contributed by atoms with Crippen LogP contribution >= 0.6 is 11.3 Å².